The molecule has 0 saturated heterocycles. The minimum Gasteiger partial charge on any atom is -0.426 e. The molecule has 0 aliphatic carbocycles. The van der Waals surface area contributed by atoms with Gasteiger partial charge in [-0.1, -0.05) is 37.6 Å². The average molecular weight is 369 g/mol. The quantitative estimate of drug-likeness (QED) is 0.432. The van der Waals surface area contributed by atoms with E-state index in [0.29, 0.717) is 18.0 Å². The summed E-state index contributed by atoms with van der Waals surface area (Å²) in [6.07, 6.45) is 1.50. The highest BCUT2D eigenvalue weighted by atomic mass is 16.6. The van der Waals surface area contributed by atoms with Gasteiger partial charge in [-0.2, -0.15) is 0 Å². The number of carbonyl (C=O) groups is 2. The van der Waals surface area contributed by atoms with Gasteiger partial charge in [-0.05, 0) is 62.6 Å². The van der Waals surface area contributed by atoms with Crippen molar-refractivity contribution in [2.24, 2.45) is 5.41 Å². The van der Waals surface area contributed by atoms with Gasteiger partial charge in [0.1, 0.15) is 11.5 Å². The van der Waals surface area contributed by atoms with Crippen LogP contribution in [0.25, 0.3) is 11.1 Å². The fraction of sp³-hybridized carbons (Fsp3) is 0.364. The average Bonchev–Trinajstić information content (AvgIpc) is 2.62. The third-order valence-electron chi connectivity index (χ3n) is 3.88. The summed E-state index contributed by atoms with van der Waals surface area (Å²) in [5, 5.41) is 2.71. The number of ether oxygens (including phenoxy) is 2. The Morgan fingerprint density at radius 3 is 1.78 bits per heavy atom. The van der Waals surface area contributed by atoms with E-state index < -0.39 is 11.5 Å². The first kappa shape index (κ1) is 20.5. The van der Waals surface area contributed by atoms with Crippen LogP contribution < -0.4 is 14.8 Å². The van der Waals surface area contributed by atoms with Gasteiger partial charge >= 0.3 is 12.1 Å². The van der Waals surface area contributed by atoms with Gasteiger partial charge in [-0.3, -0.25) is 4.79 Å². The summed E-state index contributed by atoms with van der Waals surface area (Å²) < 4.78 is 10.6. The highest BCUT2D eigenvalue weighted by Crippen LogP contribution is 2.26. The monoisotopic (exact) mass is 369 g/mol. The van der Waals surface area contributed by atoms with Gasteiger partial charge in [0.2, 0.25) is 0 Å². The first-order chi connectivity index (χ1) is 12.8. The second-order valence-electron chi connectivity index (χ2n) is 7.36. The van der Waals surface area contributed by atoms with Crippen molar-refractivity contribution in [3.63, 3.8) is 0 Å². The second-order valence-corrected chi connectivity index (χ2v) is 7.36. The van der Waals surface area contributed by atoms with Crippen LogP contribution in [-0.2, 0) is 4.79 Å². The van der Waals surface area contributed by atoms with Crippen LogP contribution in [-0.4, -0.2) is 18.6 Å². The number of nitrogens with one attached hydrogen (secondary N) is 1. The predicted octanol–water partition coefficient (Wildman–Crippen LogP) is 5.19. The third-order valence-corrected chi connectivity index (χ3v) is 3.88. The lowest BCUT2D eigenvalue weighted by molar-refractivity contribution is -0.142. The topological polar surface area (TPSA) is 64.6 Å². The summed E-state index contributed by atoms with van der Waals surface area (Å²) in [7, 11) is 0. The molecular weight excluding hydrogens is 342 g/mol. The van der Waals surface area contributed by atoms with E-state index in [1.54, 1.807) is 24.3 Å². The Labute approximate surface area is 160 Å². The molecule has 0 saturated carbocycles. The number of amides is 1. The fourth-order valence-electron chi connectivity index (χ4n) is 2.20. The molecule has 0 fully saturated rings. The number of esters is 1. The predicted molar refractivity (Wildman–Crippen MR) is 106 cm³/mol. The summed E-state index contributed by atoms with van der Waals surface area (Å²) in [5.74, 6) is 0.736. The highest BCUT2D eigenvalue weighted by molar-refractivity contribution is 5.78. The summed E-state index contributed by atoms with van der Waals surface area (Å²) in [5.41, 5.74) is 1.41. The molecule has 0 atom stereocenters. The minimum absolute atomic E-state index is 0.269. The summed E-state index contributed by atoms with van der Waals surface area (Å²) in [4.78, 5) is 23.6. The summed E-state index contributed by atoms with van der Waals surface area (Å²) >= 11 is 0. The molecule has 27 heavy (non-hydrogen) atoms. The van der Waals surface area contributed by atoms with Crippen LogP contribution in [0.2, 0.25) is 0 Å². The largest absolute Gasteiger partial charge is 0.426 e. The Morgan fingerprint density at radius 1 is 0.852 bits per heavy atom. The van der Waals surface area contributed by atoms with Crippen molar-refractivity contribution >= 4 is 12.1 Å². The van der Waals surface area contributed by atoms with Crippen LogP contribution >= 0.6 is 0 Å². The number of hydrogen-bond donors (Lipinski definition) is 1. The molecule has 0 heterocycles. The van der Waals surface area contributed by atoms with Crippen LogP contribution in [0.5, 0.6) is 11.5 Å². The van der Waals surface area contributed by atoms with Crippen LogP contribution in [0.3, 0.4) is 0 Å². The molecule has 1 amide bonds. The maximum atomic E-state index is 11.9. The molecule has 5 nitrogen and oxygen atoms in total. The van der Waals surface area contributed by atoms with Gasteiger partial charge in [0.15, 0.2) is 0 Å². The van der Waals surface area contributed by atoms with Crippen LogP contribution in [0, 0.1) is 5.41 Å². The van der Waals surface area contributed by atoms with E-state index in [1.165, 1.54) is 0 Å². The Balaban J connectivity index is 1.96. The van der Waals surface area contributed by atoms with Gasteiger partial charge < -0.3 is 14.8 Å². The number of hydrogen-bond acceptors (Lipinski definition) is 4. The Bertz CT molecular complexity index is 758. The zero-order valence-electron chi connectivity index (χ0n) is 16.4. The van der Waals surface area contributed by atoms with Gasteiger partial charge in [0, 0.05) is 6.54 Å². The maximum absolute atomic E-state index is 11.9. The lowest BCUT2D eigenvalue weighted by atomic mass is 9.97. The lowest BCUT2D eigenvalue weighted by Crippen LogP contribution is -2.27. The standard InChI is InChI=1S/C22H27NO4/c1-5-6-15-23-21(25)27-19-13-9-17(10-14-19)16-7-11-18(12-8-16)26-20(24)22(2,3)4/h7-14H,5-6,15H2,1-4H3,(H,23,25). The molecule has 2 aromatic rings. The first-order valence-electron chi connectivity index (χ1n) is 9.18. The SMILES string of the molecule is CCCCNC(=O)Oc1ccc(-c2ccc(OC(=O)C(C)(C)C)cc2)cc1. The molecule has 0 bridgehead atoms. The normalized spacial score (nSPS) is 11.0. The van der Waals surface area contributed by atoms with Crippen LogP contribution in [0.15, 0.2) is 48.5 Å². The molecular formula is C22H27NO4. The van der Waals surface area contributed by atoms with Crippen molar-refractivity contribution in [2.45, 2.75) is 40.5 Å². The van der Waals surface area contributed by atoms with Crippen molar-refractivity contribution < 1.29 is 19.1 Å². The Morgan fingerprint density at radius 2 is 1.33 bits per heavy atom. The number of unbranched alkanes of at least 4 members (excludes halogenated alkanes) is 1. The lowest BCUT2D eigenvalue weighted by Gasteiger charge is -2.16. The smallest absolute Gasteiger partial charge is 0.412 e. The van der Waals surface area contributed by atoms with Crippen molar-refractivity contribution in [3.05, 3.63) is 48.5 Å². The van der Waals surface area contributed by atoms with Crippen LogP contribution in [0.4, 0.5) is 4.79 Å². The van der Waals surface area contributed by atoms with Gasteiger partial charge in [0.05, 0.1) is 5.41 Å². The van der Waals surface area contributed by atoms with E-state index >= 15 is 0 Å². The summed E-state index contributed by atoms with van der Waals surface area (Å²) in [6.45, 7) is 8.12. The molecule has 0 aliphatic rings. The second kappa shape index (κ2) is 9.21. The molecule has 0 radical (unpaired) electrons. The molecule has 2 rings (SSSR count). The van der Waals surface area contributed by atoms with E-state index in [-0.39, 0.29) is 5.97 Å². The molecule has 0 unspecified atom stereocenters. The zero-order valence-corrected chi connectivity index (χ0v) is 16.4. The molecule has 0 aliphatic heterocycles. The van der Waals surface area contributed by atoms with E-state index in [2.05, 4.69) is 12.2 Å². The Hall–Kier alpha value is -2.82. The molecule has 0 aromatic heterocycles. The summed E-state index contributed by atoms with van der Waals surface area (Å²) in [6, 6.07) is 14.6. The van der Waals surface area contributed by atoms with E-state index in [9.17, 15) is 9.59 Å². The molecule has 0 spiro atoms. The first-order valence-corrected chi connectivity index (χ1v) is 9.18. The highest BCUT2D eigenvalue weighted by Gasteiger charge is 2.23. The maximum Gasteiger partial charge on any atom is 0.412 e. The van der Waals surface area contributed by atoms with E-state index in [4.69, 9.17) is 9.47 Å². The van der Waals surface area contributed by atoms with Gasteiger partial charge in [-0.25, -0.2) is 4.79 Å². The number of rotatable bonds is 6. The number of benzene rings is 2. The fourth-order valence-corrected chi connectivity index (χ4v) is 2.20. The van der Waals surface area contributed by atoms with E-state index in [1.807, 2.05) is 45.0 Å². The Kier molecular flexibility index (Phi) is 6.99. The van der Waals surface area contributed by atoms with Gasteiger partial charge in [0.25, 0.3) is 0 Å². The molecule has 1 N–H and O–H groups in total. The van der Waals surface area contributed by atoms with Crippen molar-refractivity contribution in [3.8, 4) is 22.6 Å². The third kappa shape index (κ3) is 6.44. The minimum atomic E-state index is -0.544. The van der Waals surface area contributed by atoms with Crippen LogP contribution in [0.1, 0.15) is 40.5 Å². The molecule has 144 valence electrons. The molecule has 2 aromatic carbocycles. The van der Waals surface area contributed by atoms with E-state index in [0.717, 1.165) is 24.0 Å². The zero-order chi connectivity index (χ0) is 19.9. The van der Waals surface area contributed by atoms with Crippen molar-refractivity contribution in [1.29, 1.82) is 0 Å². The van der Waals surface area contributed by atoms with Crippen molar-refractivity contribution in [1.82, 2.24) is 5.32 Å². The number of carbonyl (C=O) groups excluding carboxylic acids is 2. The van der Waals surface area contributed by atoms with Crippen molar-refractivity contribution in [2.75, 3.05) is 6.54 Å². The van der Waals surface area contributed by atoms with Gasteiger partial charge in [-0.15, -0.1) is 0 Å². The molecule has 5 heteroatoms.